The van der Waals surface area contributed by atoms with Crippen molar-refractivity contribution in [3.8, 4) is 0 Å². The first-order valence-corrected chi connectivity index (χ1v) is 12.8. The van der Waals surface area contributed by atoms with E-state index in [9.17, 15) is 9.59 Å². The van der Waals surface area contributed by atoms with E-state index in [0.717, 1.165) is 37.2 Å². The minimum absolute atomic E-state index is 0.0779. The van der Waals surface area contributed by atoms with Gasteiger partial charge in [0.1, 0.15) is 6.61 Å². The van der Waals surface area contributed by atoms with Gasteiger partial charge in [0.15, 0.2) is 0 Å². The van der Waals surface area contributed by atoms with Crippen molar-refractivity contribution in [1.29, 1.82) is 0 Å². The van der Waals surface area contributed by atoms with Crippen LogP contribution in [0.5, 0.6) is 0 Å². The summed E-state index contributed by atoms with van der Waals surface area (Å²) in [6, 6.07) is 28.7. The molecule has 1 unspecified atom stereocenters. The second kappa shape index (κ2) is 11.4. The van der Waals surface area contributed by atoms with Gasteiger partial charge in [0.2, 0.25) is 5.91 Å². The molecule has 2 amide bonds. The molecule has 186 valence electrons. The normalized spacial score (nSPS) is 17.6. The van der Waals surface area contributed by atoms with Crippen LogP contribution in [0.1, 0.15) is 35.4 Å². The van der Waals surface area contributed by atoms with Gasteiger partial charge >= 0.3 is 6.09 Å². The minimum Gasteiger partial charge on any atom is -0.448 e. The Balaban J connectivity index is 1.12. The second-order valence-electron chi connectivity index (χ2n) is 9.67. The molecule has 0 spiro atoms. The van der Waals surface area contributed by atoms with Crippen LogP contribution >= 0.6 is 0 Å². The van der Waals surface area contributed by atoms with Crippen molar-refractivity contribution in [2.45, 2.75) is 31.8 Å². The standard InChI is InChI=1S/C30H33N3O3/c34-29-28(26-13-7-8-14-27(26)31-29)25-15-17-33(18-16-25)30(35)36-20-19-32(21-23-9-3-1-4-10-23)22-24-11-5-2-6-12-24/h1-14,25,28H,15-22H2,(H,31,34). The van der Waals surface area contributed by atoms with Gasteiger partial charge in [-0.3, -0.25) is 9.69 Å². The van der Waals surface area contributed by atoms with Crippen LogP contribution in [0.3, 0.4) is 0 Å². The van der Waals surface area contributed by atoms with Crippen molar-refractivity contribution in [2.24, 2.45) is 5.92 Å². The van der Waals surface area contributed by atoms with E-state index in [1.807, 2.05) is 60.7 Å². The average molecular weight is 484 g/mol. The van der Waals surface area contributed by atoms with Gasteiger partial charge in [-0.25, -0.2) is 4.79 Å². The van der Waals surface area contributed by atoms with E-state index in [0.29, 0.717) is 26.2 Å². The zero-order chi connectivity index (χ0) is 24.7. The molecule has 1 saturated heterocycles. The Morgan fingerprint density at radius 3 is 2.08 bits per heavy atom. The van der Waals surface area contributed by atoms with E-state index in [2.05, 4.69) is 34.5 Å². The maximum absolute atomic E-state index is 12.8. The SMILES string of the molecule is O=C1Nc2ccccc2C1C1CCN(C(=O)OCCN(Cc2ccccc2)Cc2ccccc2)CC1. The molecular formula is C30H33N3O3. The molecule has 2 aliphatic heterocycles. The lowest BCUT2D eigenvalue weighted by atomic mass is 9.81. The maximum Gasteiger partial charge on any atom is 0.409 e. The largest absolute Gasteiger partial charge is 0.448 e. The van der Waals surface area contributed by atoms with E-state index < -0.39 is 0 Å². The number of ether oxygens (including phenoxy) is 1. The molecule has 1 N–H and O–H groups in total. The van der Waals surface area contributed by atoms with Gasteiger partial charge in [0.25, 0.3) is 0 Å². The third-order valence-corrected chi connectivity index (χ3v) is 7.24. The molecule has 0 bridgehead atoms. The first-order valence-electron chi connectivity index (χ1n) is 12.8. The summed E-state index contributed by atoms with van der Waals surface area (Å²) < 4.78 is 5.69. The Morgan fingerprint density at radius 2 is 1.44 bits per heavy atom. The molecule has 0 aliphatic carbocycles. The van der Waals surface area contributed by atoms with Crippen LogP contribution in [0.4, 0.5) is 10.5 Å². The monoisotopic (exact) mass is 483 g/mol. The van der Waals surface area contributed by atoms with E-state index in [4.69, 9.17) is 4.74 Å². The minimum atomic E-state index is -0.260. The summed E-state index contributed by atoms with van der Waals surface area (Å²) in [6.07, 6.45) is 1.34. The van der Waals surface area contributed by atoms with Crippen LogP contribution in [0, 0.1) is 5.92 Å². The summed E-state index contributed by atoms with van der Waals surface area (Å²) in [7, 11) is 0. The van der Waals surface area contributed by atoms with Crippen LogP contribution in [0.15, 0.2) is 84.9 Å². The molecule has 1 fully saturated rings. The van der Waals surface area contributed by atoms with Gasteiger partial charge in [-0.05, 0) is 41.5 Å². The number of nitrogens with zero attached hydrogens (tertiary/aromatic N) is 2. The van der Waals surface area contributed by atoms with Crippen molar-refractivity contribution >= 4 is 17.7 Å². The van der Waals surface area contributed by atoms with Crippen LogP contribution in [-0.2, 0) is 22.6 Å². The number of hydrogen-bond donors (Lipinski definition) is 1. The third kappa shape index (κ3) is 5.77. The van der Waals surface area contributed by atoms with Gasteiger partial charge < -0.3 is 15.0 Å². The first kappa shape index (κ1) is 24.1. The number of likely N-dealkylation sites (tertiary alicyclic amines) is 1. The highest BCUT2D eigenvalue weighted by Gasteiger charge is 2.38. The third-order valence-electron chi connectivity index (χ3n) is 7.24. The summed E-state index contributed by atoms with van der Waals surface area (Å²) >= 11 is 0. The van der Waals surface area contributed by atoms with Gasteiger partial charge in [0, 0.05) is 38.4 Å². The predicted octanol–water partition coefficient (Wildman–Crippen LogP) is 5.27. The number of amides is 2. The number of para-hydroxylation sites is 1. The lowest BCUT2D eigenvalue weighted by molar-refractivity contribution is -0.118. The molecule has 36 heavy (non-hydrogen) atoms. The van der Waals surface area contributed by atoms with Crippen LogP contribution in [0.25, 0.3) is 0 Å². The van der Waals surface area contributed by atoms with E-state index in [1.165, 1.54) is 11.1 Å². The molecule has 6 nitrogen and oxygen atoms in total. The highest BCUT2D eigenvalue weighted by Crippen LogP contribution is 2.41. The Hall–Kier alpha value is -3.64. The highest BCUT2D eigenvalue weighted by molar-refractivity contribution is 6.03. The average Bonchev–Trinajstić information content (AvgIpc) is 3.25. The smallest absolute Gasteiger partial charge is 0.409 e. The number of fused-ring (bicyclic) bond motifs is 1. The first-order chi connectivity index (χ1) is 17.7. The Kier molecular flexibility index (Phi) is 7.62. The zero-order valence-electron chi connectivity index (χ0n) is 20.5. The fraction of sp³-hybridized carbons (Fsp3) is 0.333. The molecule has 2 heterocycles. The molecule has 3 aromatic carbocycles. The lowest BCUT2D eigenvalue weighted by Crippen LogP contribution is -2.41. The van der Waals surface area contributed by atoms with Crippen molar-refractivity contribution in [1.82, 2.24) is 9.80 Å². The number of rotatable bonds is 8. The maximum atomic E-state index is 12.8. The molecule has 5 rings (SSSR count). The predicted molar refractivity (Wildman–Crippen MR) is 140 cm³/mol. The van der Waals surface area contributed by atoms with E-state index in [1.54, 1.807) is 4.90 Å². The Morgan fingerprint density at radius 1 is 0.861 bits per heavy atom. The molecule has 0 aromatic heterocycles. The van der Waals surface area contributed by atoms with Crippen molar-refractivity contribution in [3.63, 3.8) is 0 Å². The Bertz CT molecular complexity index is 1120. The zero-order valence-corrected chi connectivity index (χ0v) is 20.5. The van der Waals surface area contributed by atoms with Gasteiger partial charge in [-0.15, -0.1) is 0 Å². The topological polar surface area (TPSA) is 61.9 Å². The molecule has 3 aromatic rings. The Labute approximate surface area is 212 Å². The van der Waals surface area contributed by atoms with Crippen molar-refractivity contribution in [2.75, 3.05) is 31.6 Å². The molecule has 0 radical (unpaired) electrons. The van der Waals surface area contributed by atoms with Gasteiger partial charge in [-0.1, -0.05) is 78.9 Å². The van der Waals surface area contributed by atoms with Crippen molar-refractivity contribution in [3.05, 3.63) is 102 Å². The van der Waals surface area contributed by atoms with Crippen LogP contribution in [-0.4, -0.2) is 48.0 Å². The summed E-state index contributed by atoms with van der Waals surface area (Å²) in [4.78, 5) is 29.5. The van der Waals surface area contributed by atoms with Crippen LogP contribution in [0.2, 0.25) is 0 Å². The summed E-state index contributed by atoms with van der Waals surface area (Å²) in [5, 5.41) is 3.00. The quantitative estimate of drug-likeness (QED) is 0.474. The second-order valence-corrected chi connectivity index (χ2v) is 9.67. The molecular weight excluding hydrogens is 450 g/mol. The molecule has 6 heteroatoms. The van der Waals surface area contributed by atoms with Crippen molar-refractivity contribution < 1.29 is 14.3 Å². The van der Waals surface area contributed by atoms with Gasteiger partial charge in [0.05, 0.1) is 5.92 Å². The number of hydrogen-bond acceptors (Lipinski definition) is 4. The molecule has 2 aliphatic rings. The number of anilines is 1. The number of carbonyl (C=O) groups is 2. The fourth-order valence-corrected chi connectivity index (χ4v) is 5.37. The molecule has 0 saturated carbocycles. The summed E-state index contributed by atoms with van der Waals surface area (Å²) in [5.74, 6) is 0.197. The number of piperidine rings is 1. The van der Waals surface area contributed by atoms with Crippen LogP contribution < -0.4 is 5.32 Å². The van der Waals surface area contributed by atoms with Gasteiger partial charge in [-0.2, -0.15) is 0 Å². The number of benzene rings is 3. The fourth-order valence-electron chi connectivity index (χ4n) is 5.37. The number of nitrogens with one attached hydrogen (secondary N) is 1. The summed E-state index contributed by atoms with van der Waals surface area (Å²) in [5.41, 5.74) is 4.48. The number of carbonyl (C=O) groups excluding carboxylic acids is 2. The summed E-state index contributed by atoms with van der Waals surface area (Å²) in [6.45, 7) is 3.83. The highest BCUT2D eigenvalue weighted by atomic mass is 16.6. The van der Waals surface area contributed by atoms with E-state index >= 15 is 0 Å². The molecule has 1 atom stereocenters. The van der Waals surface area contributed by atoms with E-state index in [-0.39, 0.29) is 23.8 Å². The lowest BCUT2D eigenvalue weighted by Gasteiger charge is -2.33.